The van der Waals surface area contributed by atoms with E-state index in [1.54, 1.807) is 0 Å². The molecule has 1 aliphatic carbocycles. The first-order chi connectivity index (χ1) is 11.1. The predicted octanol–water partition coefficient (Wildman–Crippen LogP) is 5.09. The van der Waals surface area contributed by atoms with Crippen molar-refractivity contribution in [1.29, 1.82) is 0 Å². The average molecular weight is 332 g/mol. The van der Waals surface area contributed by atoms with Crippen molar-refractivity contribution in [2.75, 3.05) is 0 Å². The molecule has 1 unspecified atom stereocenters. The number of ether oxygens (including phenoxy) is 1. The first-order valence-corrected chi connectivity index (χ1v) is 8.32. The number of benzene rings is 1. The van der Waals surface area contributed by atoms with Gasteiger partial charge in [0.1, 0.15) is 5.75 Å². The van der Waals surface area contributed by atoms with Crippen LogP contribution in [0.3, 0.4) is 0 Å². The maximum absolute atomic E-state index is 11.1. The molecule has 1 aliphatic rings. The van der Waals surface area contributed by atoms with Crippen molar-refractivity contribution in [3.8, 4) is 5.75 Å². The van der Waals surface area contributed by atoms with Gasteiger partial charge in [0.2, 0.25) is 0 Å². The third kappa shape index (κ3) is 6.99. The Balaban J connectivity index is 0.000000272. The van der Waals surface area contributed by atoms with E-state index in [-0.39, 0.29) is 11.1 Å². The SMILES string of the molecule is C=C(C)C(=O)Oc1ccc(C(=O)O)cc1.CC1CCCC(C)(C)C1. The smallest absolute Gasteiger partial charge is 0.338 e. The molecule has 0 bridgehead atoms. The molecule has 0 amide bonds. The Hall–Kier alpha value is -2.10. The van der Waals surface area contributed by atoms with Crippen molar-refractivity contribution in [3.63, 3.8) is 0 Å². The number of esters is 1. The van der Waals surface area contributed by atoms with E-state index in [0.29, 0.717) is 11.2 Å². The monoisotopic (exact) mass is 332 g/mol. The van der Waals surface area contributed by atoms with Crippen LogP contribution in [0.4, 0.5) is 0 Å². The van der Waals surface area contributed by atoms with E-state index in [4.69, 9.17) is 9.84 Å². The van der Waals surface area contributed by atoms with Gasteiger partial charge in [-0.3, -0.25) is 0 Å². The normalized spacial score (nSPS) is 18.8. The van der Waals surface area contributed by atoms with E-state index in [1.807, 2.05) is 0 Å². The summed E-state index contributed by atoms with van der Waals surface area (Å²) >= 11 is 0. The molecule has 0 aromatic heterocycles. The number of carboxylic acid groups (broad SMARTS) is 1. The van der Waals surface area contributed by atoms with Crippen LogP contribution in [0.5, 0.6) is 5.75 Å². The fraction of sp³-hybridized carbons (Fsp3) is 0.500. The minimum absolute atomic E-state index is 0.144. The molecule has 1 aromatic carbocycles. The minimum atomic E-state index is -1.02. The van der Waals surface area contributed by atoms with E-state index < -0.39 is 11.9 Å². The molecular formula is C20H28O4. The van der Waals surface area contributed by atoms with Crippen LogP contribution in [0.2, 0.25) is 0 Å². The number of carboxylic acids is 1. The number of hydrogen-bond donors (Lipinski definition) is 1. The summed E-state index contributed by atoms with van der Waals surface area (Å²) in [4.78, 5) is 21.6. The van der Waals surface area contributed by atoms with Crippen LogP contribution >= 0.6 is 0 Å². The van der Waals surface area contributed by atoms with Gasteiger partial charge in [0.15, 0.2) is 0 Å². The number of hydrogen-bond acceptors (Lipinski definition) is 3. The van der Waals surface area contributed by atoms with Crippen LogP contribution in [-0.4, -0.2) is 17.0 Å². The Morgan fingerprint density at radius 2 is 1.83 bits per heavy atom. The van der Waals surface area contributed by atoms with Crippen molar-refractivity contribution in [1.82, 2.24) is 0 Å². The zero-order chi connectivity index (χ0) is 18.3. The summed E-state index contributed by atoms with van der Waals surface area (Å²) < 4.78 is 4.88. The van der Waals surface area contributed by atoms with Crippen LogP contribution in [0.1, 0.15) is 63.7 Å². The number of rotatable bonds is 3. The maximum atomic E-state index is 11.1. The molecule has 0 spiro atoms. The Bertz CT molecular complexity index is 584. The van der Waals surface area contributed by atoms with Gasteiger partial charge in [-0.2, -0.15) is 0 Å². The highest BCUT2D eigenvalue weighted by atomic mass is 16.5. The number of carbonyl (C=O) groups excluding carboxylic acids is 1. The highest BCUT2D eigenvalue weighted by Crippen LogP contribution is 2.37. The van der Waals surface area contributed by atoms with E-state index in [1.165, 1.54) is 56.9 Å². The quantitative estimate of drug-likeness (QED) is 0.476. The summed E-state index contributed by atoms with van der Waals surface area (Å²) in [5.41, 5.74) is 1.08. The molecule has 4 heteroatoms. The van der Waals surface area contributed by atoms with Crippen molar-refractivity contribution >= 4 is 11.9 Å². The predicted molar refractivity (Wildman–Crippen MR) is 95.3 cm³/mol. The molecule has 0 radical (unpaired) electrons. The highest BCUT2D eigenvalue weighted by molar-refractivity contribution is 5.89. The highest BCUT2D eigenvalue weighted by Gasteiger charge is 2.24. The minimum Gasteiger partial charge on any atom is -0.478 e. The van der Waals surface area contributed by atoms with E-state index in [9.17, 15) is 9.59 Å². The average Bonchev–Trinajstić information content (AvgIpc) is 2.47. The summed E-state index contributed by atoms with van der Waals surface area (Å²) in [7, 11) is 0. The summed E-state index contributed by atoms with van der Waals surface area (Å²) in [6, 6.07) is 5.57. The second kappa shape index (κ2) is 8.67. The topological polar surface area (TPSA) is 63.6 Å². The van der Waals surface area contributed by atoms with Gasteiger partial charge in [-0.15, -0.1) is 0 Å². The molecule has 2 rings (SSSR count). The molecule has 4 nitrogen and oxygen atoms in total. The van der Waals surface area contributed by atoms with Crippen LogP contribution in [-0.2, 0) is 4.79 Å². The largest absolute Gasteiger partial charge is 0.478 e. The summed E-state index contributed by atoms with van der Waals surface area (Å²) in [5.74, 6) is -0.271. The Morgan fingerprint density at radius 3 is 2.21 bits per heavy atom. The van der Waals surface area contributed by atoms with Crippen LogP contribution in [0.15, 0.2) is 36.4 Å². The van der Waals surface area contributed by atoms with E-state index >= 15 is 0 Å². The lowest BCUT2D eigenvalue weighted by atomic mass is 9.73. The fourth-order valence-electron chi connectivity index (χ4n) is 2.94. The third-order valence-electron chi connectivity index (χ3n) is 4.11. The lowest BCUT2D eigenvalue weighted by Gasteiger charge is -2.33. The van der Waals surface area contributed by atoms with Gasteiger partial charge < -0.3 is 9.84 Å². The lowest BCUT2D eigenvalue weighted by molar-refractivity contribution is -0.130. The van der Waals surface area contributed by atoms with Crippen LogP contribution in [0, 0.1) is 11.3 Å². The van der Waals surface area contributed by atoms with E-state index in [0.717, 1.165) is 5.92 Å². The Morgan fingerprint density at radius 1 is 1.25 bits per heavy atom. The molecule has 24 heavy (non-hydrogen) atoms. The van der Waals surface area contributed by atoms with Gasteiger partial charge in [-0.1, -0.05) is 40.2 Å². The maximum Gasteiger partial charge on any atom is 0.338 e. The van der Waals surface area contributed by atoms with Gasteiger partial charge >= 0.3 is 11.9 Å². The molecule has 132 valence electrons. The summed E-state index contributed by atoms with van der Waals surface area (Å²) in [5, 5.41) is 8.62. The molecule has 1 atom stereocenters. The number of carbonyl (C=O) groups is 2. The van der Waals surface area contributed by atoms with Gasteiger partial charge in [0.25, 0.3) is 0 Å². The summed E-state index contributed by atoms with van der Waals surface area (Å²) in [6.07, 6.45) is 5.79. The zero-order valence-corrected chi connectivity index (χ0v) is 15.1. The van der Waals surface area contributed by atoms with Crippen molar-refractivity contribution < 1.29 is 19.4 Å². The molecule has 1 N–H and O–H groups in total. The molecule has 0 heterocycles. The van der Waals surface area contributed by atoms with Crippen LogP contribution < -0.4 is 4.74 Å². The molecular weight excluding hydrogens is 304 g/mol. The fourth-order valence-corrected chi connectivity index (χ4v) is 2.94. The van der Waals surface area contributed by atoms with E-state index in [2.05, 4.69) is 27.4 Å². The number of aromatic carboxylic acids is 1. The zero-order valence-electron chi connectivity index (χ0n) is 15.1. The van der Waals surface area contributed by atoms with Crippen LogP contribution in [0.25, 0.3) is 0 Å². The molecule has 0 saturated heterocycles. The van der Waals surface area contributed by atoms with Crippen molar-refractivity contribution in [2.45, 2.75) is 53.4 Å². The lowest BCUT2D eigenvalue weighted by Crippen LogP contribution is -2.20. The van der Waals surface area contributed by atoms with Gasteiger partial charge in [0.05, 0.1) is 5.56 Å². The first kappa shape index (κ1) is 19.9. The first-order valence-electron chi connectivity index (χ1n) is 8.32. The molecule has 1 fully saturated rings. The molecule has 1 saturated carbocycles. The van der Waals surface area contributed by atoms with Gasteiger partial charge in [-0.25, -0.2) is 9.59 Å². The second-order valence-electron chi connectivity index (χ2n) is 7.37. The summed E-state index contributed by atoms with van der Waals surface area (Å²) in [6.45, 7) is 12.1. The molecule has 0 aliphatic heterocycles. The standard InChI is InChI=1S/C11H10O4.C9H18/c1-7(2)11(14)15-9-5-3-8(4-6-9)10(12)13;1-8-5-4-6-9(2,3)7-8/h3-6H,1H2,2H3,(H,12,13);8H,4-7H2,1-3H3. The Labute approximate surface area is 144 Å². The van der Waals surface area contributed by atoms with Crippen molar-refractivity contribution in [2.24, 2.45) is 11.3 Å². The van der Waals surface area contributed by atoms with Crippen molar-refractivity contribution in [3.05, 3.63) is 42.0 Å². The van der Waals surface area contributed by atoms with Gasteiger partial charge in [-0.05, 0) is 55.4 Å². The van der Waals surface area contributed by atoms with Gasteiger partial charge in [0, 0.05) is 5.57 Å². The second-order valence-corrected chi connectivity index (χ2v) is 7.37. The third-order valence-corrected chi connectivity index (χ3v) is 4.11. The molecule has 1 aromatic rings. The Kier molecular flexibility index (Phi) is 7.20.